The smallest absolute Gasteiger partial charge is 0.224 e. The Morgan fingerprint density at radius 3 is 2.93 bits per heavy atom. The van der Waals surface area contributed by atoms with Crippen molar-refractivity contribution in [2.75, 3.05) is 12.4 Å². The summed E-state index contributed by atoms with van der Waals surface area (Å²) in [4.78, 5) is 12.7. The maximum absolute atomic E-state index is 12.7. The molecule has 1 aliphatic rings. The van der Waals surface area contributed by atoms with E-state index in [2.05, 4.69) is 33.0 Å². The van der Waals surface area contributed by atoms with E-state index in [0.717, 1.165) is 42.0 Å². The Morgan fingerprint density at radius 2 is 2.18 bits per heavy atom. The molecule has 1 N–H and O–H groups in total. The summed E-state index contributed by atoms with van der Waals surface area (Å²) < 4.78 is 6.94. The molecule has 0 spiro atoms. The minimum Gasteiger partial charge on any atom is -0.497 e. The zero-order chi connectivity index (χ0) is 19.5. The summed E-state index contributed by atoms with van der Waals surface area (Å²) in [6, 6.07) is 11.9. The molecule has 1 atom stereocenters. The predicted octanol–water partition coefficient (Wildman–Crippen LogP) is 3.43. The normalized spacial score (nSPS) is 15.7. The topological polar surface area (TPSA) is 81.9 Å². The molecule has 0 fully saturated rings. The number of aryl methyl sites for hydroxylation is 2. The lowest BCUT2D eigenvalue weighted by Crippen LogP contribution is -2.19. The minimum atomic E-state index is 0.0308. The van der Waals surface area contributed by atoms with E-state index in [1.165, 1.54) is 11.1 Å². The van der Waals surface area contributed by atoms with Crippen molar-refractivity contribution >= 4 is 11.6 Å². The van der Waals surface area contributed by atoms with Crippen molar-refractivity contribution in [3.63, 3.8) is 0 Å². The molecule has 0 aliphatic heterocycles. The first-order valence-electron chi connectivity index (χ1n) is 9.44. The maximum Gasteiger partial charge on any atom is 0.224 e. The van der Waals surface area contributed by atoms with E-state index < -0.39 is 0 Å². The van der Waals surface area contributed by atoms with Gasteiger partial charge in [0.05, 0.1) is 12.8 Å². The van der Waals surface area contributed by atoms with Gasteiger partial charge in [-0.15, -0.1) is 5.10 Å². The van der Waals surface area contributed by atoms with Gasteiger partial charge in [-0.2, -0.15) is 0 Å². The van der Waals surface area contributed by atoms with E-state index in [0.29, 0.717) is 6.42 Å². The van der Waals surface area contributed by atoms with Crippen LogP contribution in [0.25, 0.3) is 5.69 Å². The van der Waals surface area contributed by atoms with Crippen LogP contribution >= 0.6 is 0 Å². The number of nitrogens with one attached hydrogen (secondary N) is 1. The Bertz CT molecular complexity index is 984. The van der Waals surface area contributed by atoms with Crippen LogP contribution in [0.5, 0.6) is 5.75 Å². The highest BCUT2D eigenvalue weighted by Gasteiger charge is 2.23. The quantitative estimate of drug-likeness (QED) is 0.737. The number of methoxy groups -OCH3 is 1. The van der Waals surface area contributed by atoms with Crippen molar-refractivity contribution < 1.29 is 9.53 Å². The SMILES string of the molecule is COc1ccc2c(c1)CCCC2CC(=O)Nc1ccc(-n2cnnn2)c(C)c1. The van der Waals surface area contributed by atoms with Crippen LogP contribution in [0, 0.1) is 6.92 Å². The first-order chi connectivity index (χ1) is 13.6. The van der Waals surface area contributed by atoms with E-state index in [4.69, 9.17) is 4.74 Å². The fraction of sp³-hybridized carbons (Fsp3) is 0.333. The third-order valence-electron chi connectivity index (χ3n) is 5.30. The molecule has 3 aromatic rings. The third kappa shape index (κ3) is 3.74. The van der Waals surface area contributed by atoms with Gasteiger partial charge in [0.1, 0.15) is 12.1 Å². The number of carbonyl (C=O) groups is 1. The Balaban J connectivity index is 1.45. The largest absolute Gasteiger partial charge is 0.497 e. The van der Waals surface area contributed by atoms with E-state index >= 15 is 0 Å². The first kappa shape index (κ1) is 18.2. The summed E-state index contributed by atoms with van der Waals surface area (Å²) in [5, 5.41) is 14.3. The fourth-order valence-corrected chi connectivity index (χ4v) is 3.93. The lowest BCUT2D eigenvalue weighted by atomic mass is 9.81. The van der Waals surface area contributed by atoms with Gasteiger partial charge in [-0.25, -0.2) is 4.68 Å². The number of aromatic nitrogens is 4. The van der Waals surface area contributed by atoms with Crippen LogP contribution in [0.3, 0.4) is 0 Å². The second-order valence-electron chi connectivity index (χ2n) is 7.16. The number of anilines is 1. The Morgan fingerprint density at radius 1 is 1.29 bits per heavy atom. The zero-order valence-corrected chi connectivity index (χ0v) is 16.1. The minimum absolute atomic E-state index is 0.0308. The molecule has 144 valence electrons. The molecule has 4 rings (SSSR count). The number of rotatable bonds is 5. The number of tetrazole rings is 1. The summed E-state index contributed by atoms with van der Waals surface area (Å²) in [5.74, 6) is 1.15. The van der Waals surface area contributed by atoms with Crippen molar-refractivity contribution in [3.8, 4) is 11.4 Å². The highest BCUT2D eigenvalue weighted by atomic mass is 16.5. The summed E-state index contributed by atoms with van der Waals surface area (Å²) >= 11 is 0. The molecule has 7 nitrogen and oxygen atoms in total. The van der Waals surface area contributed by atoms with Gasteiger partial charge in [0, 0.05) is 12.1 Å². The monoisotopic (exact) mass is 377 g/mol. The molecular weight excluding hydrogens is 354 g/mol. The summed E-state index contributed by atoms with van der Waals surface area (Å²) in [6.07, 6.45) is 5.20. The Kier molecular flexibility index (Phi) is 5.06. The molecule has 0 saturated carbocycles. The van der Waals surface area contributed by atoms with E-state index in [9.17, 15) is 4.79 Å². The van der Waals surface area contributed by atoms with Crippen LogP contribution in [0.1, 0.15) is 41.9 Å². The molecule has 2 aromatic carbocycles. The van der Waals surface area contributed by atoms with Gasteiger partial charge in [-0.3, -0.25) is 4.79 Å². The molecule has 28 heavy (non-hydrogen) atoms. The van der Waals surface area contributed by atoms with Gasteiger partial charge >= 0.3 is 0 Å². The van der Waals surface area contributed by atoms with Crippen molar-refractivity contribution in [1.29, 1.82) is 0 Å². The number of nitrogens with zero attached hydrogens (tertiary/aromatic N) is 4. The van der Waals surface area contributed by atoms with Crippen molar-refractivity contribution in [1.82, 2.24) is 20.2 Å². The molecule has 1 heterocycles. The van der Waals surface area contributed by atoms with Crippen LogP contribution in [-0.2, 0) is 11.2 Å². The van der Waals surface area contributed by atoms with Crippen LogP contribution < -0.4 is 10.1 Å². The standard InChI is InChI=1S/C21H23N5O2/c1-14-10-17(6-9-20(14)26-13-22-24-25-26)23-21(27)12-16-5-3-4-15-11-18(28-2)7-8-19(15)16/h6-11,13,16H,3-5,12H2,1-2H3,(H,23,27). The number of amides is 1. The zero-order valence-electron chi connectivity index (χ0n) is 16.1. The number of fused-ring (bicyclic) bond motifs is 1. The van der Waals surface area contributed by atoms with Crippen molar-refractivity contribution in [2.45, 2.75) is 38.5 Å². The molecule has 0 saturated heterocycles. The lowest BCUT2D eigenvalue weighted by Gasteiger charge is -2.25. The third-order valence-corrected chi connectivity index (χ3v) is 5.30. The molecule has 1 unspecified atom stereocenters. The van der Waals surface area contributed by atoms with Crippen LogP contribution in [0.15, 0.2) is 42.7 Å². The molecule has 0 bridgehead atoms. The number of carbonyl (C=O) groups excluding carboxylic acids is 1. The van der Waals surface area contributed by atoms with E-state index in [1.54, 1.807) is 18.1 Å². The summed E-state index contributed by atoms with van der Waals surface area (Å²) in [6.45, 7) is 1.97. The van der Waals surface area contributed by atoms with E-state index in [-0.39, 0.29) is 11.8 Å². The van der Waals surface area contributed by atoms with Gasteiger partial charge in [0.15, 0.2) is 0 Å². The average molecular weight is 377 g/mol. The van der Waals surface area contributed by atoms with Crippen molar-refractivity contribution in [2.24, 2.45) is 0 Å². The van der Waals surface area contributed by atoms with Crippen LogP contribution in [0.2, 0.25) is 0 Å². The second kappa shape index (κ2) is 7.80. The van der Waals surface area contributed by atoms with Crippen LogP contribution in [-0.4, -0.2) is 33.2 Å². The Hall–Kier alpha value is -3.22. The molecule has 0 radical (unpaired) electrons. The van der Waals surface area contributed by atoms with Gasteiger partial charge in [-0.1, -0.05) is 6.07 Å². The van der Waals surface area contributed by atoms with Gasteiger partial charge in [-0.05, 0) is 89.6 Å². The first-order valence-corrected chi connectivity index (χ1v) is 9.44. The van der Waals surface area contributed by atoms with Crippen molar-refractivity contribution in [3.05, 3.63) is 59.4 Å². The number of hydrogen-bond donors (Lipinski definition) is 1. The second-order valence-corrected chi connectivity index (χ2v) is 7.16. The highest BCUT2D eigenvalue weighted by Crippen LogP contribution is 2.36. The fourth-order valence-electron chi connectivity index (χ4n) is 3.93. The maximum atomic E-state index is 12.7. The van der Waals surface area contributed by atoms with Crippen LogP contribution in [0.4, 0.5) is 5.69 Å². The Labute approximate surface area is 163 Å². The van der Waals surface area contributed by atoms with Gasteiger partial charge < -0.3 is 10.1 Å². The summed E-state index contributed by atoms with van der Waals surface area (Å²) in [5.41, 5.74) is 5.22. The number of ether oxygens (including phenoxy) is 1. The lowest BCUT2D eigenvalue weighted by molar-refractivity contribution is -0.116. The van der Waals surface area contributed by atoms with E-state index in [1.807, 2.05) is 31.2 Å². The van der Waals surface area contributed by atoms with Gasteiger partial charge in [0.25, 0.3) is 0 Å². The summed E-state index contributed by atoms with van der Waals surface area (Å²) in [7, 11) is 1.68. The molecule has 1 aromatic heterocycles. The average Bonchev–Trinajstić information content (AvgIpc) is 3.22. The van der Waals surface area contributed by atoms with Gasteiger partial charge in [0.2, 0.25) is 5.91 Å². The number of hydrogen-bond acceptors (Lipinski definition) is 5. The number of benzene rings is 2. The molecule has 7 heteroatoms. The highest BCUT2D eigenvalue weighted by molar-refractivity contribution is 5.91. The predicted molar refractivity (Wildman–Crippen MR) is 106 cm³/mol. The molecule has 1 amide bonds. The molecular formula is C21H23N5O2. The molecule has 1 aliphatic carbocycles.